The monoisotopic (exact) mass is 420 g/mol. The Morgan fingerprint density at radius 3 is 2.55 bits per heavy atom. The maximum absolute atomic E-state index is 12.7. The fourth-order valence-corrected chi connectivity index (χ4v) is 3.53. The summed E-state index contributed by atoms with van der Waals surface area (Å²) < 4.78 is 9.13. The zero-order valence-corrected chi connectivity index (χ0v) is 16.6. The van der Waals surface area contributed by atoms with Gasteiger partial charge in [0, 0.05) is 14.1 Å². The number of aliphatic hydroxyl groups is 1. The van der Waals surface area contributed by atoms with Crippen molar-refractivity contribution in [2.24, 2.45) is 14.1 Å². The first-order valence-electron chi connectivity index (χ1n) is 8.66. The third-order valence-electron chi connectivity index (χ3n) is 4.22. The Labute approximate surface area is 169 Å². The molecule has 0 saturated carbocycles. The number of carboxylic acids is 1. The molecular weight excluding hydrogens is 400 g/mol. The summed E-state index contributed by atoms with van der Waals surface area (Å²) in [6.45, 7) is -0.0997. The number of rotatable bonds is 8. The van der Waals surface area contributed by atoms with Gasteiger partial charge >= 0.3 is 11.7 Å². The lowest BCUT2D eigenvalue weighted by atomic mass is 10.3. The molecule has 0 spiro atoms. The number of para-hydroxylation sites is 1. The Hall–Kier alpha value is -3.05. The van der Waals surface area contributed by atoms with Crippen LogP contribution in [0.25, 0.3) is 11.2 Å². The van der Waals surface area contributed by atoms with E-state index in [1.165, 1.54) is 23.2 Å². The zero-order valence-electron chi connectivity index (χ0n) is 15.8. The second kappa shape index (κ2) is 8.53. The van der Waals surface area contributed by atoms with Gasteiger partial charge < -0.3 is 19.5 Å². The van der Waals surface area contributed by atoms with Crippen LogP contribution in [0, 0.1) is 0 Å². The van der Waals surface area contributed by atoms with Crippen molar-refractivity contribution in [3.63, 3.8) is 0 Å². The van der Waals surface area contributed by atoms with Gasteiger partial charge in [-0.1, -0.05) is 30.0 Å². The van der Waals surface area contributed by atoms with Crippen LogP contribution in [-0.4, -0.2) is 53.3 Å². The Balaban J connectivity index is 1.97. The molecule has 29 heavy (non-hydrogen) atoms. The number of carboxylic acid groups (broad SMARTS) is 1. The summed E-state index contributed by atoms with van der Waals surface area (Å²) in [6, 6.07) is 8.94. The number of hydrogen-bond donors (Lipinski definition) is 2. The lowest BCUT2D eigenvalue weighted by molar-refractivity contribution is -0.133. The minimum atomic E-state index is -1.05. The van der Waals surface area contributed by atoms with Crippen molar-refractivity contribution in [2.75, 3.05) is 12.4 Å². The highest BCUT2D eigenvalue weighted by atomic mass is 32.2. The second-order valence-corrected chi connectivity index (χ2v) is 7.29. The first-order valence-corrected chi connectivity index (χ1v) is 9.65. The molecule has 0 fully saturated rings. The maximum atomic E-state index is 12.7. The molecule has 154 valence electrons. The minimum Gasteiger partial charge on any atom is -0.491 e. The van der Waals surface area contributed by atoms with E-state index in [4.69, 9.17) is 9.84 Å². The van der Waals surface area contributed by atoms with Gasteiger partial charge in [0.2, 0.25) is 0 Å². The highest BCUT2D eigenvalue weighted by Crippen LogP contribution is 2.22. The molecule has 0 aliphatic heterocycles. The maximum Gasteiger partial charge on any atom is 0.332 e. The molecule has 0 radical (unpaired) electrons. The number of aliphatic carboxylic acids is 1. The fourth-order valence-electron chi connectivity index (χ4n) is 2.80. The minimum absolute atomic E-state index is 0.0429. The quantitative estimate of drug-likeness (QED) is 0.489. The summed E-state index contributed by atoms with van der Waals surface area (Å²) in [7, 11) is 2.82. The van der Waals surface area contributed by atoms with Crippen LogP contribution in [0.4, 0.5) is 0 Å². The molecule has 0 aliphatic rings. The summed E-state index contributed by atoms with van der Waals surface area (Å²) in [5.74, 6) is -0.752. The number of imidazole rings is 1. The first-order chi connectivity index (χ1) is 13.8. The Morgan fingerprint density at radius 1 is 1.21 bits per heavy atom. The van der Waals surface area contributed by atoms with Gasteiger partial charge in [-0.15, -0.1) is 0 Å². The Bertz CT molecular complexity index is 1150. The average molecular weight is 420 g/mol. The van der Waals surface area contributed by atoms with Crippen LogP contribution in [0.2, 0.25) is 0 Å². The normalized spacial score (nSPS) is 12.2. The van der Waals surface area contributed by atoms with E-state index in [0.717, 1.165) is 16.3 Å². The van der Waals surface area contributed by atoms with Gasteiger partial charge in [0.25, 0.3) is 5.56 Å². The highest BCUT2D eigenvalue weighted by molar-refractivity contribution is 7.99. The van der Waals surface area contributed by atoms with Gasteiger partial charge in [-0.2, -0.15) is 0 Å². The molecular formula is C18H20N4O6S. The van der Waals surface area contributed by atoms with Crippen LogP contribution < -0.4 is 16.0 Å². The van der Waals surface area contributed by atoms with Crippen molar-refractivity contribution < 1.29 is 19.7 Å². The summed E-state index contributed by atoms with van der Waals surface area (Å²) in [4.78, 5) is 40.1. The lowest BCUT2D eigenvalue weighted by Crippen LogP contribution is -2.38. The summed E-state index contributed by atoms with van der Waals surface area (Å²) >= 11 is 0.903. The third-order valence-corrected chi connectivity index (χ3v) is 5.18. The van der Waals surface area contributed by atoms with E-state index in [1.807, 2.05) is 6.07 Å². The van der Waals surface area contributed by atoms with Gasteiger partial charge in [-0.05, 0) is 12.1 Å². The topological polar surface area (TPSA) is 129 Å². The number of fused-ring (bicyclic) bond motifs is 1. The van der Waals surface area contributed by atoms with Crippen molar-refractivity contribution in [1.29, 1.82) is 0 Å². The molecule has 2 heterocycles. The van der Waals surface area contributed by atoms with Crippen LogP contribution in [-0.2, 0) is 25.4 Å². The molecule has 0 aliphatic carbocycles. The van der Waals surface area contributed by atoms with E-state index in [0.29, 0.717) is 5.75 Å². The number of ether oxygens (including phenoxy) is 1. The number of aryl methyl sites for hydroxylation is 1. The molecule has 0 amide bonds. The van der Waals surface area contributed by atoms with E-state index in [9.17, 15) is 19.5 Å². The molecule has 1 unspecified atom stereocenters. The summed E-state index contributed by atoms with van der Waals surface area (Å²) in [6.07, 6.45) is -1.00. The molecule has 3 aromatic rings. The summed E-state index contributed by atoms with van der Waals surface area (Å²) in [5.41, 5.74) is -0.882. The van der Waals surface area contributed by atoms with E-state index >= 15 is 0 Å². The standard InChI is InChI=1S/C18H20N4O6S/c1-20-15-14(16(26)21(2)18(20)27)22(17(19-15)29-10-13(24)25)8-11(23)9-28-12-6-4-3-5-7-12/h3-7,11,23H,8-10H2,1-2H3,(H,24,25). The largest absolute Gasteiger partial charge is 0.491 e. The number of carbonyl (C=O) groups is 1. The lowest BCUT2D eigenvalue weighted by Gasteiger charge is -2.15. The number of aliphatic hydroxyl groups excluding tert-OH is 1. The van der Waals surface area contributed by atoms with Crippen molar-refractivity contribution >= 4 is 28.9 Å². The SMILES string of the molecule is Cn1c(=O)c2c(nc(SCC(=O)O)n2CC(O)COc2ccccc2)n(C)c1=O. The van der Waals surface area contributed by atoms with Crippen LogP contribution in [0.5, 0.6) is 5.75 Å². The smallest absolute Gasteiger partial charge is 0.332 e. The predicted molar refractivity (Wildman–Crippen MR) is 107 cm³/mol. The van der Waals surface area contributed by atoms with Crippen molar-refractivity contribution in [3.05, 3.63) is 51.2 Å². The van der Waals surface area contributed by atoms with Gasteiger partial charge in [-0.3, -0.25) is 18.7 Å². The number of aromatic nitrogens is 4. The van der Waals surface area contributed by atoms with Gasteiger partial charge in [0.15, 0.2) is 16.3 Å². The second-order valence-electron chi connectivity index (χ2n) is 6.34. The molecule has 10 nitrogen and oxygen atoms in total. The van der Waals surface area contributed by atoms with E-state index in [2.05, 4.69) is 4.98 Å². The predicted octanol–water partition coefficient (Wildman–Crippen LogP) is 0.0503. The van der Waals surface area contributed by atoms with Crippen molar-refractivity contribution in [1.82, 2.24) is 18.7 Å². The Kier molecular flexibility index (Phi) is 6.09. The van der Waals surface area contributed by atoms with E-state index in [-0.39, 0.29) is 35.2 Å². The van der Waals surface area contributed by atoms with Crippen LogP contribution >= 0.6 is 11.8 Å². The van der Waals surface area contributed by atoms with Crippen LogP contribution in [0.3, 0.4) is 0 Å². The van der Waals surface area contributed by atoms with Gasteiger partial charge in [0.1, 0.15) is 18.5 Å². The van der Waals surface area contributed by atoms with Gasteiger partial charge in [0.05, 0.1) is 12.3 Å². The molecule has 3 rings (SSSR count). The number of nitrogens with zero attached hydrogens (tertiary/aromatic N) is 4. The average Bonchev–Trinajstić information content (AvgIpc) is 3.06. The number of hydrogen-bond acceptors (Lipinski definition) is 7. The van der Waals surface area contributed by atoms with Crippen molar-refractivity contribution in [3.8, 4) is 5.75 Å². The molecule has 1 aromatic carbocycles. The van der Waals surface area contributed by atoms with Crippen LogP contribution in [0.15, 0.2) is 45.1 Å². The Morgan fingerprint density at radius 2 is 1.90 bits per heavy atom. The molecule has 1 atom stereocenters. The third kappa shape index (κ3) is 4.35. The molecule has 0 saturated heterocycles. The van der Waals surface area contributed by atoms with Gasteiger partial charge in [-0.25, -0.2) is 9.78 Å². The zero-order chi connectivity index (χ0) is 21.1. The molecule has 2 aromatic heterocycles. The van der Waals surface area contributed by atoms with Crippen LogP contribution in [0.1, 0.15) is 0 Å². The number of benzene rings is 1. The van der Waals surface area contributed by atoms with E-state index in [1.54, 1.807) is 24.3 Å². The first kappa shape index (κ1) is 20.7. The molecule has 11 heteroatoms. The highest BCUT2D eigenvalue weighted by Gasteiger charge is 2.22. The molecule has 0 bridgehead atoms. The molecule has 2 N–H and O–H groups in total. The number of thioether (sulfide) groups is 1. The fraction of sp³-hybridized carbons (Fsp3) is 0.333. The van der Waals surface area contributed by atoms with Crippen molar-refractivity contribution in [2.45, 2.75) is 17.8 Å². The van der Waals surface area contributed by atoms with E-state index < -0.39 is 23.3 Å². The summed E-state index contributed by atoms with van der Waals surface area (Å²) in [5, 5.41) is 19.7.